The van der Waals surface area contributed by atoms with Gasteiger partial charge in [-0.15, -0.1) is 10.2 Å². The van der Waals surface area contributed by atoms with Crippen LogP contribution in [0.3, 0.4) is 0 Å². The van der Waals surface area contributed by atoms with E-state index in [1.54, 1.807) is 0 Å². The van der Waals surface area contributed by atoms with Gasteiger partial charge in [-0.3, -0.25) is 4.79 Å². The summed E-state index contributed by atoms with van der Waals surface area (Å²) in [4.78, 5) is 11.8. The Kier molecular flexibility index (Phi) is 3.57. The average Bonchev–Trinajstić information content (AvgIpc) is 2.76. The number of carbonyl (C=O) groups is 1. The van der Waals surface area contributed by atoms with Crippen molar-refractivity contribution in [1.29, 1.82) is 0 Å². The minimum absolute atomic E-state index is 0.264. The molecule has 0 bridgehead atoms. The summed E-state index contributed by atoms with van der Waals surface area (Å²) in [7, 11) is 0. The second kappa shape index (κ2) is 5.14. The number of amides is 1. The van der Waals surface area contributed by atoms with Gasteiger partial charge in [-0.05, 0) is 23.6 Å². The summed E-state index contributed by atoms with van der Waals surface area (Å²) in [5.41, 5.74) is 7.39. The zero-order valence-electron chi connectivity index (χ0n) is 10.2. The lowest BCUT2D eigenvalue weighted by atomic mass is 10.0. The normalized spacial score (nSPS) is 10.6. The van der Waals surface area contributed by atoms with Crippen LogP contribution in [0.15, 0.2) is 24.3 Å². The van der Waals surface area contributed by atoms with Crippen LogP contribution in [-0.4, -0.2) is 16.1 Å². The molecule has 1 amide bonds. The first-order valence-electron chi connectivity index (χ1n) is 5.56. The molecule has 0 aliphatic rings. The fourth-order valence-electron chi connectivity index (χ4n) is 1.46. The zero-order chi connectivity index (χ0) is 13.1. The molecule has 0 saturated carbocycles. The van der Waals surface area contributed by atoms with E-state index in [1.165, 1.54) is 5.56 Å². The van der Waals surface area contributed by atoms with E-state index in [1.807, 2.05) is 24.3 Å². The number of carbonyl (C=O) groups excluding carboxylic acids is 1. The number of aromatic nitrogens is 2. The molecule has 1 heterocycles. The lowest BCUT2D eigenvalue weighted by Crippen LogP contribution is -2.11. The predicted molar refractivity (Wildman–Crippen MR) is 72.8 cm³/mol. The van der Waals surface area contributed by atoms with E-state index in [0.29, 0.717) is 5.92 Å². The number of hydrogen-bond acceptors (Lipinski definition) is 5. The molecular formula is C12H14N4OS. The van der Waals surface area contributed by atoms with Crippen molar-refractivity contribution in [3.05, 3.63) is 34.8 Å². The Hall–Kier alpha value is -1.95. The summed E-state index contributed by atoms with van der Waals surface area (Å²) in [5, 5.41) is 10.6. The molecule has 0 aliphatic heterocycles. The minimum atomic E-state index is -0.290. The molecule has 0 aliphatic carbocycles. The fourth-order valence-corrected chi connectivity index (χ4v) is 1.97. The van der Waals surface area contributed by atoms with Crippen molar-refractivity contribution in [2.75, 3.05) is 11.1 Å². The van der Waals surface area contributed by atoms with Crippen molar-refractivity contribution in [2.45, 2.75) is 19.8 Å². The molecule has 0 spiro atoms. The zero-order valence-corrected chi connectivity index (χ0v) is 11.0. The number of nitrogens with zero attached hydrogens (tertiary/aromatic N) is 2. The molecule has 0 fully saturated rings. The molecule has 6 heteroatoms. The Balaban J connectivity index is 2.07. The number of anilines is 2. The summed E-state index contributed by atoms with van der Waals surface area (Å²) in [6.45, 7) is 4.25. The monoisotopic (exact) mass is 262 g/mol. The molecule has 94 valence electrons. The van der Waals surface area contributed by atoms with Gasteiger partial charge in [0.05, 0.1) is 0 Å². The Morgan fingerprint density at radius 1 is 1.28 bits per heavy atom. The lowest BCUT2D eigenvalue weighted by Gasteiger charge is -2.07. The predicted octanol–water partition coefficient (Wildman–Crippen LogP) is 2.50. The number of benzene rings is 1. The number of rotatable bonds is 3. The summed E-state index contributed by atoms with van der Waals surface area (Å²) < 4.78 is 0. The summed E-state index contributed by atoms with van der Waals surface area (Å²) >= 11 is 1.07. The molecule has 2 rings (SSSR count). The van der Waals surface area contributed by atoms with Crippen LogP contribution in [0.4, 0.5) is 10.8 Å². The maximum atomic E-state index is 11.8. The smallest absolute Gasteiger partial charge is 0.286 e. The third kappa shape index (κ3) is 2.84. The second-order valence-corrected chi connectivity index (χ2v) is 5.19. The maximum Gasteiger partial charge on any atom is 0.286 e. The summed E-state index contributed by atoms with van der Waals surface area (Å²) in [5.74, 6) is 0.180. The maximum absolute atomic E-state index is 11.8. The van der Waals surface area contributed by atoms with Crippen LogP contribution < -0.4 is 11.1 Å². The first kappa shape index (κ1) is 12.5. The van der Waals surface area contributed by atoms with Gasteiger partial charge in [0.2, 0.25) is 10.1 Å². The Labute approximate surface area is 109 Å². The van der Waals surface area contributed by atoms with Crippen LogP contribution in [-0.2, 0) is 0 Å². The third-order valence-corrected chi connectivity index (χ3v) is 3.22. The van der Waals surface area contributed by atoms with E-state index < -0.39 is 0 Å². The van der Waals surface area contributed by atoms with Gasteiger partial charge in [0.1, 0.15) is 0 Å². The van der Waals surface area contributed by atoms with Crippen molar-refractivity contribution in [3.63, 3.8) is 0 Å². The van der Waals surface area contributed by atoms with Gasteiger partial charge in [0, 0.05) is 5.69 Å². The van der Waals surface area contributed by atoms with Crippen molar-refractivity contribution in [2.24, 2.45) is 0 Å². The van der Waals surface area contributed by atoms with Crippen LogP contribution >= 0.6 is 11.3 Å². The molecule has 0 saturated heterocycles. The van der Waals surface area contributed by atoms with Gasteiger partial charge in [0.25, 0.3) is 5.91 Å². The Bertz CT molecular complexity index is 547. The Morgan fingerprint density at radius 2 is 1.94 bits per heavy atom. The van der Waals surface area contributed by atoms with E-state index in [-0.39, 0.29) is 16.0 Å². The Morgan fingerprint density at radius 3 is 2.44 bits per heavy atom. The summed E-state index contributed by atoms with van der Waals surface area (Å²) in [6, 6.07) is 7.73. The third-order valence-electron chi connectivity index (χ3n) is 2.47. The second-order valence-electron chi connectivity index (χ2n) is 4.18. The van der Waals surface area contributed by atoms with Crippen molar-refractivity contribution >= 4 is 28.1 Å². The SMILES string of the molecule is CC(C)c1ccc(NC(=O)c2nnc(N)s2)cc1. The minimum Gasteiger partial charge on any atom is -0.374 e. The molecule has 18 heavy (non-hydrogen) atoms. The van der Waals surface area contributed by atoms with Gasteiger partial charge in [-0.25, -0.2) is 0 Å². The highest BCUT2D eigenvalue weighted by atomic mass is 32.1. The van der Waals surface area contributed by atoms with Crippen LogP contribution in [0.5, 0.6) is 0 Å². The van der Waals surface area contributed by atoms with Crippen molar-refractivity contribution < 1.29 is 4.79 Å². The van der Waals surface area contributed by atoms with Crippen LogP contribution in [0.1, 0.15) is 35.1 Å². The van der Waals surface area contributed by atoms with Crippen molar-refractivity contribution in [1.82, 2.24) is 10.2 Å². The topological polar surface area (TPSA) is 80.9 Å². The van der Waals surface area contributed by atoms with Crippen molar-refractivity contribution in [3.8, 4) is 0 Å². The van der Waals surface area contributed by atoms with E-state index in [0.717, 1.165) is 17.0 Å². The standard InChI is InChI=1S/C12H14N4OS/c1-7(2)8-3-5-9(6-4-8)14-10(17)11-15-16-12(13)18-11/h3-7H,1-2H3,(H2,13,16)(H,14,17). The fraction of sp³-hybridized carbons (Fsp3) is 0.250. The molecule has 1 aromatic carbocycles. The molecule has 2 aromatic rings. The lowest BCUT2D eigenvalue weighted by molar-refractivity contribution is 0.102. The first-order chi connectivity index (χ1) is 8.56. The van der Waals surface area contributed by atoms with E-state index in [4.69, 9.17) is 5.73 Å². The number of hydrogen-bond donors (Lipinski definition) is 2. The largest absolute Gasteiger partial charge is 0.374 e. The number of nitrogen functional groups attached to an aromatic ring is 1. The molecule has 3 N–H and O–H groups in total. The molecule has 0 unspecified atom stereocenters. The molecule has 0 radical (unpaired) electrons. The highest BCUT2D eigenvalue weighted by Crippen LogP contribution is 2.18. The number of nitrogens with two attached hydrogens (primary N) is 1. The van der Waals surface area contributed by atoms with Gasteiger partial charge in [-0.1, -0.05) is 37.3 Å². The molecule has 1 aromatic heterocycles. The van der Waals surface area contributed by atoms with Crippen LogP contribution in [0, 0.1) is 0 Å². The van der Waals surface area contributed by atoms with Gasteiger partial charge in [0.15, 0.2) is 0 Å². The van der Waals surface area contributed by atoms with Gasteiger partial charge < -0.3 is 11.1 Å². The highest BCUT2D eigenvalue weighted by Gasteiger charge is 2.11. The van der Waals surface area contributed by atoms with Gasteiger partial charge >= 0.3 is 0 Å². The molecule has 5 nitrogen and oxygen atoms in total. The summed E-state index contributed by atoms with van der Waals surface area (Å²) in [6.07, 6.45) is 0. The quantitative estimate of drug-likeness (QED) is 0.890. The highest BCUT2D eigenvalue weighted by molar-refractivity contribution is 7.16. The van der Waals surface area contributed by atoms with E-state index in [2.05, 4.69) is 29.4 Å². The van der Waals surface area contributed by atoms with Crippen LogP contribution in [0.2, 0.25) is 0 Å². The van der Waals surface area contributed by atoms with Crippen LogP contribution in [0.25, 0.3) is 0 Å². The molecule has 0 atom stereocenters. The van der Waals surface area contributed by atoms with E-state index in [9.17, 15) is 4.79 Å². The van der Waals surface area contributed by atoms with E-state index >= 15 is 0 Å². The first-order valence-corrected chi connectivity index (χ1v) is 6.38. The molecular weight excluding hydrogens is 248 g/mol. The van der Waals surface area contributed by atoms with Gasteiger partial charge in [-0.2, -0.15) is 0 Å². The average molecular weight is 262 g/mol. The number of nitrogens with one attached hydrogen (secondary N) is 1.